The molecule has 0 aromatic carbocycles. The lowest BCUT2D eigenvalue weighted by Gasteiger charge is -2.24. The molecular weight excluding hydrogens is 362 g/mol. The molecule has 0 saturated heterocycles. The number of amides is 1. The number of pyridine rings is 1. The number of esters is 1. The van der Waals surface area contributed by atoms with Crippen LogP contribution < -0.4 is 10.6 Å². The zero-order valence-corrected chi connectivity index (χ0v) is 17.0. The molecule has 1 heterocycles. The molecule has 0 spiro atoms. The summed E-state index contributed by atoms with van der Waals surface area (Å²) in [5.41, 5.74) is 0.153. The molecule has 1 aromatic rings. The summed E-state index contributed by atoms with van der Waals surface area (Å²) in [4.78, 5) is 28.2. The van der Waals surface area contributed by atoms with Crippen molar-refractivity contribution >= 4 is 17.9 Å². The van der Waals surface area contributed by atoms with Gasteiger partial charge < -0.3 is 14.6 Å². The fourth-order valence-electron chi connectivity index (χ4n) is 3.28. The Bertz CT molecular complexity index is 668. The number of nitrogens with zero attached hydrogens (tertiary/aromatic N) is 1. The van der Waals surface area contributed by atoms with Crippen LogP contribution in [-0.2, 0) is 20.7 Å². The number of aliphatic hydroxyl groups is 1. The lowest BCUT2D eigenvalue weighted by molar-refractivity contribution is -0.144. The van der Waals surface area contributed by atoms with Gasteiger partial charge in [0.2, 0.25) is 0 Å². The molecule has 1 aromatic heterocycles. The van der Waals surface area contributed by atoms with Crippen LogP contribution in [0.15, 0.2) is 18.3 Å². The minimum absolute atomic E-state index is 0.147. The van der Waals surface area contributed by atoms with E-state index < -0.39 is 29.9 Å². The van der Waals surface area contributed by atoms with Crippen molar-refractivity contribution < 1.29 is 24.2 Å². The van der Waals surface area contributed by atoms with Gasteiger partial charge in [0.15, 0.2) is 0 Å². The van der Waals surface area contributed by atoms with Gasteiger partial charge in [-0.1, -0.05) is 12.8 Å². The lowest BCUT2D eigenvalue weighted by Crippen LogP contribution is -2.47. The number of carbonyl (C=O) groups excluding carboxylic acids is 2. The third-order valence-corrected chi connectivity index (χ3v) is 4.60. The molecule has 1 saturated carbocycles. The Labute approximate surface area is 166 Å². The van der Waals surface area contributed by atoms with Crippen molar-refractivity contribution in [1.82, 2.24) is 10.3 Å². The summed E-state index contributed by atoms with van der Waals surface area (Å²) in [6.07, 6.45) is 4.56. The predicted molar refractivity (Wildman–Crippen MR) is 105 cm³/mol. The standard InChI is InChI=1S/C20H31N3O5/c1-20(2,3)28-19(26)23-16-12-13(9-10-21-16)11-15(18(25)27-4)22-17(24)14-7-5-6-8-14/h9-10,12,14-15,17,22,24H,5-8,11H2,1-4H3,(H,21,23,26). The monoisotopic (exact) mass is 393 g/mol. The minimum Gasteiger partial charge on any atom is -0.468 e. The highest BCUT2D eigenvalue weighted by atomic mass is 16.6. The van der Waals surface area contributed by atoms with Crippen LogP contribution >= 0.6 is 0 Å². The quantitative estimate of drug-likeness (QED) is 0.482. The molecule has 1 aliphatic carbocycles. The average Bonchev–Trinajstić information content (AvgIpc) is 3.13. The first-order valence-corrected chi connectivity index (χ1v) is 9.65. The molecule has 28 heavy (non-hydrogen) atoms. The number of aromatic nitrogens is 1. The largest absolute Gasteiger partial charge is 0.468 e. The molecule has 0 aliphatic heterocycles. The number of hydrogen-bond acceptors (Lipinski definition) is 7. The van der Waals surface area contributed by atoms with Gasteiger partial charge in [-0.05, 0) is 63.6 Å². The molecule has 156 valence electrons. The molecule has 1 fully saturated rings. The van der Waals surface area contributed by atoms with Gasteiger partial charge in [0.05, 0.1) is 7.11 Å². The van der Waals surface area contributed by atoms with Crippen molar-refractivity contribution in [3.8, 4) is 0 Å². The zero-order valence-electron chi connectivity index (χ0n) is 17.0. The maximum Gasteiger partial charge on any atom is 0.413 e. The molecule has 2 atom stereocenters. The molecule has 1 amide bonds. The Morgan fingerprint density at radius 1 is 1.32 bits per heavy atom. The van der Waals surface area contributed by atoms with E-state index in [1.807, 2.05) is 0 Å². The van der Waals surface area contributed by atoms with Crippen molar-refractivity contribution in [3.63, 3.8) is 0 Å². The first-order chi connectivity index (χ1) is 13.2. The Hall–Kier alpha value is -2.19. The van der Waals surface area contributed by atoms with Gasteiger partial charge in [-0.15, -0.1) is 0 Å². The van der Waals surface area contributed by atoms with Gasteiger partial charge in [-0.2, -0.15) is 0 Å². The van der Waals surface area contributed by atoms with Crippen LogP contribution in [0.1, 0.15) is 52.0 Å². The van der Waals surface area contributed by atoms with Gasteiger partial charge in [0, 0.05) is 6.20 Å². The highest BCUT2D eigenvalue weighted by molar-refractivity contribution is 5.83. The summed E-state index contributed by atoms with van der Waals surface area (Å²) >= 11 is 0. The number of aliphatic hydroxyl groups excluding tert-OH is 1. The minimum atomic E-state index is -0.757. The van der Waals surface area contributed by atoms with Gasteiger partial charge in [-0.25, -0.2) is 9.78 Å². The molecular formula is C20H31N3O5. The number of rotatable bonds is 7. The van der Waals surface area contributed by atoms with E-state index in [0.717, 1.165) is 31.2 Å². The number of hydrogen-bond donors (Lipinski definition) is 3. The van der Waals surface area contributed by atoms with Gasteiger partial charge in [-0.3, -0.25) is 15.4 Å². The third-order valence-electron chi connectivity index (χ3n) is 4.60. The fraction of sp³-hybridized carbons (Fsp3) is 0.650. The highest BCUT2D eigenvalue weighted by Gasteiger charge is 2.29. The van der Waals surface area contributed by atoms with E-state index in [0.29, 0.717) is 12.2 Å². The normalized spacial score (nSPS) is 17.0. The van der Waals surface area contributed by atoms with E-state index in [1.54, 1.807) is 39.1 Å². The SMILES string of the molecule is COC(=O)C(Cc1ccnc(NC(=O)OC(C)(C)C)c1)NC(O)C1CCCC1. The van der Waals surface area contributed by atoms with Gasteiger partial charge in [0.25, 0.3) is 0 Å². The lowest BCUT2D eigenvalue weighted by atomic mass is 10.0. The number of nitrogens with one attached hydrogen (secondary N) is 2. The summed E-state index contributed by atoms with van der Waals surface area (Å²) in [5.74, 6) is 0.0243. The second-order valence-corrected chi connectivity index (χ2v) is 8.11. The number of methoxy groups -OCH3 is 1. The van der Waals surface area contributed by atoms with Crippen LogP contribution in [0, 0.1) is 5.92 Å². The summed E-state index contributed by atoms with van der Waals surface area (Å²) < 4.78 is 10.1. The summed E-state index contributed by atoms with van der Waals surface area (Å²) in [5, 5.41) is 16.0. The van der Waals surface area contributed by atoms with Crippen LogP contribution in [0.2, 0.25) is 0 Å². The highest BCUT2D eigenvalue weighted by Crippen LogP contribution is 2.27. The van der Waals surface area contributed by atoms with Crippen LogP contribution in [0.5, 0.6) is 0 Å². The van der Waals surface area contributed by atoms with Crippen molar-refractivity contribution in [2.24, 2.45) is 5.92 Å². The molecule has 0 radical (unpaired) electrons. The number of anilines is 1. The van der Waals surface area contributed by atoms with E-state index in [-0.39, 0.29) is 5.92 Å². The molecule has 0 bridgehead atoms. The smallest absolute Gasteiger partial charge is 0.413 e. The second-order valence-electron chi connectivity index (χ2n) is 8.11. The topological polar surface area (TPSA) is 110 Å². The second kappa shape index (κ2) is 9.84. The van der Waals surface area contributed by atoms with Gasteiger partial charge in [0.1, 0.15) is 23.7 Å². The molecule has 1 aliphatic rings. The van der Waals surface area contributed by atoms with Gasteiger partial charge >= 0.3 is 12.1 Å². The van der Waals surface area contributed by atoms with Crippen LogP contribution in [0.3, 0.4) is 0 Å². The first kappa shape index (κ1) is 22.1. The Kier molecular flexibility index (Phi) is 7.77. The average molecular weight is 393 g/mol. The maximum absolute atomic E-state index is 12.2. The van der Waals surface area contributed by atoms with Crippen molar-refractivity contribution in [2.75, 3.05) is 12.4 Å². The van der Waals surface area contributed by atoms with E-state index in [2.05, 4.69) is 15.6 Å². The molecule has 8 nitrogen and oxygen atoms in total. The fourth-order valence-corrected chi connectivity index (χ4v) is 3.28. The summed E-state index contributed by atoms with van der Waals surface area (Å²) in [6, 6.07) is 2.72. The summed E-state index contributed by atoms with van der Waals surface area (Å²) in [6.45, 7) is 5.33. The molecule has 8 heteroatoms. The van der Waals surface area contributed by atoms with E-state index >= 15 is 0 Å². The third kappa shape index (κ3) is 7.09. The van der Waals surface area contributed by atoms with Crippen LogP contribution in [0.4, 0.5) is 10.6 Å². The predicted octanol–water partition coefficient (Wildman–Crippen LogP) is 2.61. The Balaban J connectivity index is 2.03. The van der Waals surface area contributed by atoms with Crippen molar-refractivity contribution in [3.05, 3.63) is 23.9 Å². The Morgan fingerprint density at radius 2 is 2.00 bits per heavy atom. The first-order valence-electron chi connectivity index (χ1n) is 9.65. The van der Waals surface area contributed by atoms with Crippen molar-refractivity contribution in [2.45, 2.75) is 70.7 Å². The summed E-state index contributed by atoms with van der Waals surface area (Å²) in [7, 11) is 1.32. The molecule has 3 N–H and O–H groups in total. The molecule has 2 unspecified atom stereocenters. The van der Waals surface area contributed by atoms with Crippen LogP contribution in [0.25, 0.3) is 0 Å². The van der Waals surface area contributed by atoms with E-state index in [1.165, 1.54) is 7.11 Å². The number of carbonyl (C=O) groups is 2. The maximum atomic E-state index is 12.2. The Morgan fingerprint density at radius 3 is 2.61 bits per heavy atom. The molecule has 2 rings (SSSR count). The van der Waals surface area contributed by atoms with Crippen LogP contribution in [-0.4, -0.2) is 47.1 Å². The van der Waals surface area contributed by atoms with Crippen molar-refractivity contribution in [1.29, 1.82) is 0 Å². The van der Waals surface area contributed by atoms with E-state index in [4.69, 9.17) is 9.47 Å². The zero-order chi connectivity index (χ0) is 20.7. The van der Waals surface area contributed by atoms with E-state index in [9.17, 15) is 14.7 Å². The number of ether oxygens (including phenoxy) is 2.